The van der Waals surface area contributed by atoms with Gasteiger partial charge in [-0.3, -0.25) is 0 Å². The number of nitrogens with zero attached hydrogens (tertiary/aromatic N) is 1. The fourth-order valence-electron chi connectivity index (χ4n) is 2.33. The molecule has 1 N–H and O–H groups in total. The summed E-state index contributed by atoms with van der Waals surface area (Å²) in [5.41, 5.74) is 2.99. The Morgan fingerprint density at radius 1 is 1.19 bits per heavy atom. The van der Waals surface area contributed by atoms with Crippen LogP contribution >= 0.6 is 11.3 Å². The van der Waals surface area contributed by atoms with Gasteiger partial charge in [-0.25, -0.2) is 22.9 Å². The van der Waals surface area contributed by atoms with Crippen LogP contribution in [0, 0.1) is 6.92 Å². The molecule has 1 aromatic heterocycles. The Kier molecular flexibility index (Phi) is 5.69. The van der Waals surface area contributed by atoms with E-state index in [-0.39, 0.29) is 17.1 Å². The van der Waals surface area contributed by atoms with Crippen LogP contribution in [-0.2, 0) is 21.4 Å². The molecular weight excluding hydrogens is 384 g/mol. The number of hydrogen-bond acceptors (Lipinski definition) is 6. The molecule has 6 nitrogen and oxygen atoms in total. The van der Waals surface area contributed by atoms with Gasteiger partial charge in [-0.1, -0.05) is 35.9 Å². The topological polar surface area (TPSA) is 85.4 Å². The van der Waals surface area contributed by atoms with Crippen molar-refractivity contribution in [2.24, 2.45) is 0 Å². The summed E-state index contributed by atoms with van der Waals surface area (Å²) >= 11 is 1.47. The lowest BCUT2D eigenvalue weighted by atomic mass is 10.2. The van der Waals surface area contributed by atoms with E-state index < -0.39 is 16.0 Å². The third-order valence-corrected chi connectivity index (χ3v) is 6.20. The highest BCUT2D eigenvalue weighted by Gasteiger charge is 2.15. The predicted molar refractivity (Wildman–Crippen MR) is 104 cm³/mol. The summed E-state index contributed by atoms with van der Waals surface area (Å²) < 4.78 is 31.2. The van der Waals surface area contributed by atoms with Gasteiger partial charge in [-0.15, -0.1) is 11.3 Å². The summed E-state index contributed by atoms with van der Waals surface area (Å²) in [5.74, 6) is -0.604. The third kappa shape index (κ3) is 4.60. The van der Waals surface area contributed by atoms with Gasteiger partial charge in [-0.05, 0) is 32.2 Å². The highest BCUT2D eigenvalue weighted by Crippen LogP contribution is 2.24. The normalized spacial score (nSPS) is 11.3. The number of hydrogen-bond donors (Lipinski definition) is 1. The van der Waals surface area contributed by atoms with Crippen LogP contribution in [0.25, 0.3) is 10.6 Å². The van der Waals surface area contributed by atoms with E-state index in [0.29, 0.717) is 5.69 Å². The zero-order chi connectivity index (χ0) is 19.4. The van der Waals surface area contributed by atoms with Crippen molar-refractivity contribution in [3.05, 3.63) is 70.7 Å². The first-order valence-corrected chi connectivity index (χ1v) is 10.5. The number of aryl methyl sites for hydroxylation is 1. The van der Waals surface area contributed by atoms with Crippen LogP contribution in [0.2, 0.25) is 0 Å². The van der Waals surface area contributed by atoms with Crippen LogP contribution in [0.3, 0.4) is 0 Å². The molecule has 0 amide bonds. The SMILES string of the molecule is CNS(=O)(=O)c1cccc(C(=O)OCc2csc(-c3ccc(C)cc3)n2)c1. The van der Waals surface area contributed by atoms with Crippen LogP contribution < -0.4 is 4.72 Å². The molecule has 0 unspecified atom stereocenters. The number of rotatable bonds is 6. The van der Waals surface area contributed by atoms with Crippen molar-refractivity contribution < 1.29 is 17.9 Å². The standard InChI is InChI=1S/C19H18N2O4S2/c1-13-6-8-14(9-7-13)18-21-16(12-26-18)11-25-19(22)15-4-3-5-17(10-15)27(23,24)20-2/h3-10,12,20H,11H2,1-2H3. The maximum Gasteiger partial charge on any atom is 0.338 e. The molecule has 2 aromatic carbocycles. The minimum atomic E-state index is -3.62. The molecule has 1 heterocycles. The summed E-state index contributed by atoms with van der Waals surface area (Å²) in [6.07, 6.45) is 0. The van der Waals surface area contributed by atoms with Gasteiger partial charge in [0.25, 0.3) is 0 Å². The number of benzene rings is 2. The van der Waals surface area contributed by atoms with Crippen molar-refractivity contribution in [2.45, 2.75) is 18.4 Å². The number of ether oxygens (including phenoxy) is 1. The Hall–Kier alpha value is -2.55. The highest BCUT2D eigenvalue weighted by atomic mass is 32.2. The van der Waals surface area contributed by atoms with Gasteiger partial charge in [0.1, 0.15) is 11.6 Å². The Balaban J connectivity index is 1.68. The van der Waals surface area contributed by atoms with Gasteiger partial charge >= 0.3 is 5.97 Å². The molecule has 0 aliphatic heterocycles. The monoisotopic (exact) mass is 402 g/mol. The van der Waals surface area contributed by atoms with E-state index in [0.717, 1.165) is 10.6 Å². The summed E-state index contributed by atoms with van der Waals surface area (Å²) in [5, 5.41) is 2.69. The average molecular weight is 402 g/mol. The number of aromatic nitrogens is 1. The van der Waals surface area contributed by atoms with Gasteiger partial charge in [0.05, 0.1) is 16.2 Å². The van der Waals surface area contributed by atoms with Crippen LogP contribution in [0.4, 0.5) is 0 Å². The Bertz CT molecular complexity index is 1060. The Labute approximate surface area is 161 Å². The number of thiazole rings is 1. The third-order valence-electron chi connectivity index (χ3n) is 3.85. The van der Waals surface area contributed by atoms with Crippen molar-refractivity contribution in [1.29, 1.82) is 0 Å². The number of nitrogens with one attached hydrogen (secondary N) is 1. The molecule has 0 bridgehead atoms. The largest absolute Gasteiger partial charge is 0.456 e. The molecule has 0 atom stereocenters. The first-order valence-electron chi connectivity index (χ1n) is 8.11. The highest BCUT2D eigenvalue weighted by molar-refractivity contribution is 7.89. The first kappa shape index (κ1) is 19.2. The summed E-state index contributed by atoms with van der Waals surface area (Å²) in [7, 11) is -2.31. The predicted octanol–water partition coefficient (Wildman–Crippen LogP) is 3.38. The second kappa shape index (κ2) is 7.99. The smallest absolute Gasteiger partial charge is 0.338 e. The maximum absolute atomic E-state index is 12.2. The van der Waals surface area contributed by atoms with Gasteiger partial charge < -0.3 is 4.74 Å². The second-order valence-electron chi connectivity index (χ2n) is 5.82. The molecule has 3 aromatic rings. The van der Waals surface area contributed by atoms with Gasteiger partial charge in [0.15, 0.2) is 0 Å². The lowest BCUT2D eigenvalue weighted by Gasteiger charge is -2.06. The molecule has 0 aliphatic carbocycles. The van der Waals surface area contributed by atoms with E-state index in [2.05, 4.69) is 9.71 Å². The number of esters is 1. The summed E-state index contributed by atoms with van der Waals surface area (Å²) in [6.45, 7) is 2.04. The van der Waals surface area contributed by atoms with Crippen molar-refractivity contribution in [3.8, 4) is 10.6 Å². The van der Waals surface area contributed by atoms with Crippen molar-refractivity contribution in [1.82, 2.24) is 9.71 Å². The lowest BCUT2D eigenvalue weighted by Crippen LogP contribution is -2.19. The van der Waals surface area contributed by atoms with Gasteiger partial charge in [0, 0.05) is 10.9 Å². The minimum Gasteiger partial charge on any atom is -0.456 e. The molecule has 0 saturated carbocycles. The zero-order valence-electron chi connectivity index (χ0n) is 14.8. The molecule has 3 rings (SSSR count). The van der Waals surface area contributed by atoms with Crippen molar-refractivity contribution >= 4 is 27.3 Å². The average Bonchev–Trinajstić information content (AvgIpc) is 3.16. The van der Waals surface area contributed by atoms with E-state index in [1.807, 2.05) is 36.6 Å². The lowest BCUT2D eigenvalue weighted by molar-refractivity contribution is 0.0468. The van der Waals surface area contributed by atoms with E-state index in [1.54, 1.807) is 0 Å². The zero-order valence-corrected chi connectivity index (χ0v) is 16.4. The van der Waals surface area contributed by atoms with Crippen LogP contribution in [-0.4, -0.2) is 26.4 Å². The quantitative estimate of drug-likeness (QED) is 0.639. The molecule has 0 fully saturated rings. The van der Waals surface area contributed by atoms with Crippen LogP contribution in [0.15, 0.2) is 58.8 Å². The molecular formula is C19H18N2O4S2. The number of carbonyl (C=O) groups excluding carboxylic acids is 1. The fraction of sp³-hybridized carbons (Fsp3) is 0.158. The van der Waals surface area contributed by atoms with Gasteiger partial charge in [-0.2, -0.15) is 0 Å². The van der Waals surface area contributed by atoms with Crippen LogP contribution in [0.1, 0.15) is 21.6 Å². The number of carbonyl (C=O) groups is 1. The molecule has 0 radical (unpaired) electrons. The van der Waals surface area contributed by atoms with E-state index in [9.17, 15) is 13.2 Å². The van der Waals surface area contributed by atoms with E-state index in [1.165, 1.54) is 48.2 Å². The maximum atomic E-state index is 12.2. The van der Waals surface area contributed by atoms with Crippen LogP contribution in [0.5, 0.6) is 0 Å². The van der Waals surface area contributed by atoms with E-state index in [4.69, 9.17) is 4.74 Å². The van der Waals surface area contributed by atoms with Gasteiger partial charge in [0.2, 0.25) is 10.0 Å². The summed E-state index contributed by atoms with van der Waals surface area (Å²) in [4.78, 5) is 16.7. The van der Waals surface area contributed by atoms with Crippen molar-refractivity contribution in [2.75, 3.05) is 7.05 Å². The molecule has 140 valence electrons. The Morgan fingerprint density at radius 3 is 2.63 bits per heavy atom. The Morgan fingerprint density at radius 2 is 1.93 bits per heavy atom. The molecule has 27 heavy (non-hydrogen) atoms. The molecule has 0 aliphatic rings. The molecule has 0 spiro atoms. The number of sulfonamides is 1. The minimum absolute atomic E-state index is 0.00904. The molecule has 8 heteroatoms. The second-order valence-corrected chi connectivity index (χ2v) is 8.57. The van der Waals surface area contributed by atoms with Crippen molar-refractivity contribution in [3.63, 3.8) is 0 Å². The fourth-order valence-corrected chi connectivity index (χ4v) is 3.92. The summed E-state index contributed by atoms with van der Waals surface area (Å²) in [6, 6.07) is 13.7. The van der Waals surface area contributed by atoms with E-state index >= 15 is 0 Å². The first-order chi connectivity index (χ1) is 12.9. The molecule has 0 saturated heterocycles.